The minimum atomic E-state index is -0.651. The lowest BCUT2D eigenvalue weighted by molar-refractivity contribution is -0.0163. The Morgan fingerprint density at radius 3 is 2.83 bits per heavy atom. The Balaban J connectivity index is 1.89. The van der Waals surface area contributed by atoms with Crippen molar-refractivity contribution in [3.63, 3.8) is 0 Å². The maximum atomic E-state index is 10.9. The van der Waals surface area contributed by atoms with Gasteiger partial charge in [-0.15, -0.1) is 0 Å². The van der Waals surface area contributed by atoms with Gasteiger partial charge in [0.15, 0.2) is 0 Å². The maximum absolute atomic E-state index is 10.9. The molecule has 1 N–H and O–H groups in total. The Kier molecular flexibility index (Phi) is 3.06. The zero-order valence-electron chi connectivity index (χ0n) is 11.1. The van der Waals surface area contributed by atoms with Crippen LogP contribution in [-0.4, -0.2) is 11.7 Å². The van der Waals surface area contributed by atoms with Gasteiger partial charge in [0.1, 0.15) is 5.75 Å². The summed E-state index contributed by atoms with van der Waals surface area (Å²) in [4.78, 5) is 0. The SMILES string of the molecule is CCC1CCC(O)(c2cccc3c2OCC3)CC1. The van der Waals surface area contributed by atoms with Crippen LogP contribution < -0.4 is 4.74 Å². The number of aliphatic hydroxyl groups is 1. The molecule has 1 aliphatic heterocycles. The molecule has 2 aliphatic rings. The molecule has 1 saturated carbocycles. The minimum Gasteiger partial charge on any atom is -0.493 e. The van der Waals surface area contributed by atoms with Crippen molar-refractivity contribution in [1.29, 1.82) is 0 Å². The van der Waals surface area contributed by atoms with E-state index in [-0.39, 0.29) is 0 Å². The molecule has 1 aromatic rings. The molecule has 98 valence electrons. The molecule has 3 rings (SSSR count). The van der Waals surface area contributed by atoms with Gasteiger partial charge in [0.25, 0.3) is 0 Å². The zero-order chi connectivity index (χ0) is 12.6. The number of ether oxygens (including phenoxy) is 1. The molecular formula is C16H22O2. The van der Waals surface area contributed by atoms with Crippen LogP contribution >= 0.6 is 0 Å². The van der Waals surface area contributed by atoms with E-state index in [1.165, 1.54) is 12.0 Å². The second-order valence-corrected chi connectivity index (χ2v) is 5.78. The van der Waals surface area contributed by atoms with Gasteiger partial charge in [-0.25, -0.2) is 0 Å². The molecule has 0 amide bonds. The average molecular weight is 246 g/mol. The van der Waals surface area contributed by atoms with E-state index in [1.807, 2.05) is 0 Å². The first kappa shape index (κ1) is 12.0. The third-order valence-electron chi connectivity index (χ3n) is 4.73. The van der Waals surface area contributed by atoms with Crippen molar-refractivity contribution in [2.45, 2.75) is 51.0 Å². The van der Waals surface area contributed by atoms with Crippen LogP contribution in [0.5, 0.6) is 5.75 Å². The highest BCUT2D eigenvalue weighted by Crippen LogP contribution is 2.45. The molecule has 0 aromatic heterocycles. The quantitative estimate of drug-likeness (QED) is 0.866. The Hall–Kier alpha value is -1.02. The topological polar surface area (TPSA) is 29.5 Å². The molecule has 0 saturated heterocycles. The summed E-state index contributed by atoms with van der Waals surface area (Å²) in [5.41, 5.74) is 1.65. The van der Waals surface area contributed by atoms with Crippen molar-refractivity contribution in [2.75, 3.05) is 6.61 Å². The van der Waals surface area contributed by atoms with Gasteiger partial charge < -0.3 is 9.84 Å². The van der Waals surface area contributed by atoms with Gasteiger partial charge in [0.05, 0.1) is 12.2 Å². The molecule has 1 heterocycles. The van der Waals surface area contributed by atoms with E-state index < -0.39 is 5.60 Å². The monoisotopic (exact) mass is 246 g/mol. The van der Waals surface area contributed by atoms with Crippen LogP contribution in [0.3, 0.4) is 0 Å². The van der Waals surface area contributed by atoms with Crippen molar-refractivity contribution in [3.05, 3.63) is 29.3 Å². The highest BCUT2D eigenvalue weighted by atomic mass is 16.5. The van der Waals surface area contributed by atoms with Crippen LogP contribution in [-0.2, 0) is 12.0 Å². The molecule has 0 bridgehead atoms. The molecule has 1 aromatic carbocycles. The third-order valence-corrected chi connectivity index (χ3v) is 4.73. The number of fused-ring (bicyclic) bond motifs is 1. The lowest BCUT2D eigenvalue weighted by Crippen LogP contribution is -2.31. The summed E-state index contributed by atoms with van der Waals surface area (Å²) in [5.74, 6) is 1.76. The van der Waals surface area contributed by atoms with E-state index in [0.717, 1.165) is 55.9 Å². The van der Waals surface area contributed by atoms with Crippen LogP contribution in [0.25, 0.3) is 0 Å². The third kappa shape index (κ3) is 1.93. The van der Waals surface area contributed by atoms with E-state index in [2.05, 4.69) is 25.1 Å². The highest BCUT2D eigenvalue weighted by molar-refractivity contribution is 5.47. The van der Waals surface area contributed by atoms with Crippen LogP contribution in [0.2, 0.25) is 0 Å². The standard InChI is InChI=1S/C16H22O2/c1-2-12-6-9-16(17,10-7-12)14-5-3-4-13-8-11-18-15(13)14/h3-5,12,17H,2,6-11H2,1H3. The lowest BCUT2D eigenvalue weighted by atomic mass is 9.74. The van der Waals surface area contributed by atoms with Gasteiger partial charge in [-0.2, -0.15) is 0 Å². The number of hydrogen-bond donors (Lipinski definition) is 1. The van der Waals surface area contributed by atoms with Gasteiger partial charge in [-0.3, -0.25) is 0 Å². The number of benzene rings is 1. The fourth-order valence-corrected chi connectivity index (χ4v) is 3.41. The van der Waals surface area contributed by atoms with Crippen LogP contribution in [0.1, 0.15) is 50.2 Å². The molecule has 0 atom stereocenters. The Morgan fingerprint density at radius 2 is 2.11 bits per heavy atom. The predicted octanol–water partition coefficient (Wildman–Crippen LogP) is 3.41. The van der Waals surface area contributed by atoms with Crippen LogP contribution in [0.15, 0.2) is 18.2 Å². The van der Waals surface area contributed by atoms with Crippen molar-refractivity contribution in [1.82, 2.24) is 0 Å². The number of rotatable bonds is 2. The highest BCUT2D eigenvalue weighted by Gasteiger charge is 2.37. The minimum absolute atomic E-state index is 0.651. The fourth-order valence-electron chi connectivity index (χ4n) is 3.41. The summed E-state index contributed by atoms with van der Waals surface area (Å²) in [6.07, 6.45) is 6.25. The van der Waals surface area contributed by atoms with Gasteiger partial charge in [-0.1, -0.05) is 31.5 Å². The Labute approximate surface area is 109 Å². The van der Waals surface area contributed by atoms with Crippen molar-refractivity contribution in [2.24, 2.45) is 5.92 Å². The van der Waals surface area contributed by atoms with Gasteiger partial charge in [0, 0.05) is 12.0 Å². The molecule has 1 aliphatic carbocycles. The van der Waals surface area contributed by atoms with Crippen molar-refractivity contribution < 1.29 is 9.84 Å². The molecule has 2 heteroatoms. The van der Waals surface area contributed by atoms with E-state index >= 15 is 0 Å². The smallest absolute Gasteiger partial charge is 0.128 e. The van der Waals surface area contributed by atoms with Crippen molar-refractivity contribution in [3.8, 4) is 5.75 Å². The van der Waals surface area contributed by atoms with Crippen LogP contribution in [0, 0.1) is 5.92 Å². The van der Waals surface area contributed by atoms with E-state index in [9.17, 15) is 5.11 Å². The molecule has 18 heavy (non-hydrogen) atoms. The Bertz CT molecular complexity index is 431. The second-order valence-electron chi connectivity index (χ2n) is 5.78. The molecule has 0 radical (unpaired) electrons. The summed E-state index contributed by atoms with van der Waals surface area (Å²) in [7, 11) is 0. The molecule has 1 fully saturated rings. The van der Waals surface area contributed by atoms with Crippen LogP contribution in [0.4, 0.5) is 0 Å². The second kappa shape index (κ2) is 4.58. The molecule has 0 unspecified atom stereocenters. The maximum Gasteiger partial charge on any atom is 0.128 e. The molecule has 0 spiro atoms. The summed E-state index contributed by atoms with van der Waals surface area (Å²) >= 11 is 0. The first-order valence-corrected chi connectivity index (χ1v) is 7.20. The first-order valence-electron chi connectivity index (χ1n) is 7.20. The summed E-state index contributed by atoms with van der Waals surface area (Å²) < 4.78 is 5.74. The number of para-hydroxylation sites is 1. The van der Waals surface area contributed by atoms with E-state index in [4.69, 9.17) is 4.74 Å². The number of hydrogen-bond acceptors (Lipinski definition) is 2. The van der Waals surface area contributed by atoms with Gasteiger partial charge in [-0.05, 0) is 37.2 Å². The largest absolute Gasteiger partial charge is 0.493 e. The van der Waals surface area contributed by atoms with Gasteiger partial charge >= 0.3 is 0 Å². The lowest BCUT2D eigenvalue weighted by Gasteiger charge is -2.36. The predicted molar refractivity (Wildman–Crippen MR) is 71.8 cm³/mol. The zero-order valence-corrected chi connectivity index (χ0v) is 11.1. The van der Waals surface area contributed by atoms with E-state index in [1.54, 1.807) is 0 Å². The first-order chi connectivity index (χ1) is 8.73. The molecular weight excluding hydrogens is 224 g/mol. The molecule has 2 nitrogen and oxygen atoms in total. The summed E-state index contributed by atoms with van der Waals surface area (Å²) in [6.45, 7) is 3.01. The summed E-state index contributed by atoms with van der Waals surface area (Å²) in [6, 6.07) is 6.23. The van der Waals surface area contributed by atoms with Crippen molar-refractivity contribution >= 4 is 0 Å². The fraction of sp³-hybridized carbons (Fsp3) is 0.625. The summed E-state index contributed by atoms with van der Waals surface area (Å²) in [5, 5.41) is 10.9. The van der Waals surface area contributed by atoms with E-state index in [0.29, 0.717) is 0 Å². The van der Waals surface area contributed by atoms with Gasteiger partial charge in [0.2, 0.25) is 0 Å². The average Bonchev–Trinajstić information content (AvgIpc) is 2.87. The Morgan fingerprint density at radius 1 is 1.33 bits per heavy atom. The normalized spacial score (nSPS) is 30.9.